The highest BCUT2D eigenvalue weighted by molar-refractivity contribution is 5.94. The Hall–Kier alpha value is -1.44. The molecule has 0 heterocycles. The van der Waals surface area contributed by atoms with Gasteiger partial charge in [0.1, 0.15) is 5.78 Å². The third-order valence-corrected chi connectivity index (χ3v) is 3.52. The lowest BCUT2D eigenvalue weighted by atomic mass is 9.91. The average Bonchev–Trinajstić information content (AvgIpc) is 2.54. The van der Waals surface area contributed by atoms with E-state index in [4.69, 9.17) is 0 Å². The van der Waals surface area contributed by atoms with E-state index >= 15 is 0 Å². The largest absolute Gasteiger partial charge is 0.300 e. The minimum Gasteiger partial charge on any atom is -0.300 e. The molecule has 1 saturated carbocycles. The van der Waals surface area contributed by atoms with Crippen LogP contribution in [0.25, 0.3) is 0 Å². The molecular weight excluding hydrogens is 212 g/mol. The quantitative estimate of drug-likeness (QED) is 0.575. The molecule has 1 aromatic rings. The SMILES string of the molecule is CC(=O)c1ccc([C@H]2CCCCC(=O)C2)cc1. The van der Waals surface area contributed by atoms with Crippen LogP contribution in [0, 0.1) is 0 Å². The molecule has 0 radical (unpaired) electrons. The maximum atomic E-state index is 11.6. The normalized spacial score (nSPS) is 21.0. The summed E-state index contributed by atoms with van der Waals surface area (Å²) in [6, 6.07) is 7.74. The lowest BCUT2D eigenvalue weighted by Gasteiger charge is -2.13. The van der Waals surface area contributed by atoms with Gasteiger partial charge in [0, 0.05) is 18.4 Å². The molecule has 1 aliphatic carbocycles. The summed E-state index contributed by atoms with van der Waals surface area (Å²) in [7, 11) is 0. The second-order valence-corrected chi connectivity index (χ2v) is 4.86. The van der Waals surface area contributed by atoms with Gasteiger partial charge in [-0.15, -0.1) is 0 Å². The van der Waals surface area contributed by atoms with Crippen LogP contribution in [0.2, 0.25) is 0 Å². The van der Waals surface area contributed by atoms with Gasteiger partial charge in [-0.1, -0.05) is 30.7 Å². The summed E-state index contributed by atoms with van der Waals surface area (Å²) in [4.78, 5) is 22.8. The van der Waals surface area contributed by atoms with Gasteiger partial charge in [-0.25, -0.2) is 0 Å². The van der Waals surface area contributed by atoms with Crippen molar-refractivity contribution < 1.29 is 9.59 Å². The zero-order valence-electron chi connectivity index (χ0n) is 10.2. The Kier molecular flexibility index (Phi) is 3.72. The number of rotatable bonds is 2. The van der Waals surface area contributed by atoms with Gasteiger partial charge in [-0.05, 0) is 31.2 Å². The van der Waals surface area contributed by atoms with Crippen molar-refractivity contribution in [2.75, 3.05) is 0 Å². The van der Waals surface area contributed by atoms with E-state index in [9.17, 15) is 9.59 Å². The van der Waals surface area contributed by atoms with E-state index < -0.39 is 0 Å². The molecule has 0 spiro atoms. The predicted octanol–water partition coefficient (Wildman–Crippen LogP) is 3.51. The first-order valence-corrected chi connectivity index (χ1v) is 6.29. The number of hydrogen-bond acceptors (Lipinski definition) is 2. The van der Waals surface area contributed by atoms with Crippen LogP contribution in [0.15, 0.2) is 24.3 Å². The van der Waals surface area contributed by atoms with Crippen molar-refractivity contribution in [1.82, 2.24) is 0 Å². The summed E-state index contributed by atoms with van der Waals surface area (Å²) in [6.07, 6.45) is 4.65. The highest BCUT2D eigenvalue weighted by Crippen LogP contribution is 2.30. The van der Waals surface area contributed by atoms with Gasteiger partial charge < -0.3 is 0 Å². The number of carbonyl (C=O) groups excluding carboxylic acids is 2. The van der Waals surface area contributed by atoms with E-state index in [1.165, 1.54) is 5.56 Å². The third-order valence-electron chi connectivity index (χ3n) is 3.52. The Labute approximate surface area is 102 Å². The van der Waals surface area contributed by atoms with Crippen LogP contribution in [0.5, 0.6) is 0 Å². The van der Waals surface area contributed by atoms with Gasteiger partial charge in [0.05, 0.1) is 0 Å². The molecule has 2 heteroatoms. The molecule has 1 aromatic carbocycles. The number of benzene rings is 1. The van der Waals surface area contributed by atoms with Gasteiger partial charge in [-0.3, -0.25) is 9.59 Å². The van der Waals surface area contributed by atoms with Gasteiger partial charge >= 0.3 is 0 Å². The molecule has 1 aliphatic rings. The van der Waals surface area contributed by atoms with Gasteiger partial charge in [0.2, 0.25) is 0 Å². The Bertz CT molecular complexity index is 417. The Morgan fingerprint density at radius 2 is 1.88 bits per heavy atom. The Morgan fingerprint density at radius 1 is 1.18 bits per heavy atom. The minimum atomic E-state index is 0.0912. The van der Waals surface area contributed by atoms with Gasteiger partial charge in [0.25, 0.3) is 0 Å². The van der Waals surface area contributed by atoms with Crippen LogP contribution in [-0.2, 0) is 4.79 Å². The van der Waals surface area contributed by atoms with Crippen LogP contribution >= 0.6 is 0 Å². The van der Waals surface area contributed by atoms with E-state index in [1.54, 1.807) is 6.92 Å². The van der Waals surface area contributed by atoms with Crippen LogP contribution in [-0.4, -0.2) is 11.6 Å². The number of ketones is 2. The van der Waals surface area contributed by atoms with E-state index in [0.29, 0.717) is 18.1 Å². The fourth-order valence-corrected chi connectivity index (χ4v) is 2.47. The fourth-order valence-electron chi connectivity index (χ4n) is 2.47. The number of carbonyl (C=O) groups is 2. The van der Waals surface area contributed by atoms with E-state index in [1.807, 2.05) is 24.3 Å². The summed E-state index contributed by atoms with van der Waals surface area (Å²) in [5.74, 6) is 0.822. The van der Waals surface area contributed by atoms with Gasteiger partial charge in [-0.2, -0.15) is 0 Å². The number of hydrogen-bond donors (Lipinski definition) is 0. The summed E-state index contributed by atoms with van der Waals surface area (Å²) in [5.41, 5.74) is 1.94. The molecule has 1 atom stereocenters. The molecule has 1 fully saturated rings. The maximum absolute atomic E-state index is 11.6. The molecule has 17 heavy (non-hydrogen) atoms. The summed E-state index contributed by atoms with van der Waals surface area (Å²) in [6.45, 7) is 1.57. The van der Waals surface area contributed by atoms with E-state index in [2.05, 4.69) is 0 Å². The van der Waals surface area contributed by atoms with Crippen LogP contribution in [0.1, 0.15) is 60.9 Å². The van der Waals surface area contributed by atoms with Crippen molar-refractivity contribution in [3.05, 3.63) is 35.4 Å². The zero-order valence-corrected chi connectivity index (χ0v) is 10.2. The highest BCUT2D eigenvalue weighted by Gasteiger charge is 2.19. The van der Waals surface area contributed by atoms with Crippen LogP contribution in [0.3, 0.4) is 0 Å². The first-order chi connectivity index (χ1) is 8.16. The standard InChI is InChI=1S/C15H18O2/c1-11(16)12-6-8-13(9-7-12)14-4-2-3-5-15(17)10-14/h6-9,14H,2-5,10H2,1H3/t14-/m0/s1. The van der Waals surface area contributed by atoms with Crippen molar-refractivity contribution >= 4 is 11.6 Å². The lowest BCUT2D eigenvalue weighted by molar-refractivity contribution is -0.119. The topological polar surface area (TPSA) is 34.1 Å². The molecular formula is C15H18O2. The minimum absolute atomic E-state index is 0.0912. The molecule has 2 nitrogen and oxygen atoms in total. The summed E-state index contributed by atoms with van der Waals surface area (Å²) < 4.78 is 0. The first kappa shape index (κ1) is 12.0. The predicted molar refractivity (Wildman–Crippen MR) is 67.3 cm³/mol. The van der Waals surface area contributed by atoms with Gasteiger partial charge in [0.15, 0.2) is 5.78 Å². The van der Waals surface area contributed by atoms with E-state index in [0.717, 1.165) is 31.2 Å². The molecule has 0 unspecified atom stereocenters. The Balaban J connectivity index is 2.15. The average molecular weight is 230 g/mol. The van der Waals surface area contributed by atoms with Crippen molar-refractivity contribution in [2.24, 2.45) is 0 Å². The molecule has 90 valence electrons. The molecule has 0 amide bonds. The summed E-state index contributed by atoms with van der Waals surface area (Å²) in [5, 5.41) is 0. The molecule has 0 bridgehead atoms. The van der Waals surface area contributed by atoms with Crippen molar-refractivity contribution in [3.63, 3.8) is 0 Å². The number of Topliss-reactive ketones (excluding diaryl/α,β-unsaturated/α-hetero) is 2. The fraction of sp³-hybridized carbons (Fsp3) is 0.467. The molecule has 0 aromatic heterocycles. The molecule has 0 saturated heterocycles. The van der Waals surface area contributed by atoms with Crippen LogP contribution in [0.4, 0.5) is 0 Å². The molecule has 0 aliphatic heterocycles. The molecule has 2 rings (SSSR count). The Morgan fingerprint density at radius 3 is 2.53 bits per heavy atom. The first-order valence-electron chi connectivity index (χ1n) is 6.29. The van der Waals surface area contributed by atoms with Crippen molar-refractivity contribution in [1.29, 1.82) is 0 Å². The van der Waals surface area contributed by atoms with Crippen molar-refractivity contribution in [3.8, 4) is 0 Å². The second kappa shape index (κ2) is 5.26. The smallest absolute Gasteiger partial charge is 0.159 e. The monoisotopic (exact) mass is 230 g/mol. The van der Waals surface area contributed by atoms with E-state index in [-0.39, 0.29) is 5.78 Å². The zero-order chi connectivity index (χ0) is 12.3. The van der Waals surface area contributed by atoms with Crippen LogP contribution < -0.4 is 0 Å². The van der Waals surface area contributed by atoms with Crippen molar-refractivity contribution in [2.45, 2.75) is 44.9 Å². The molecule has 0 N–H and O–H groups in total. The highest BCUT2D eigenvalue weighted by atomic mass is 16.1. The third kappa shape index (κ3) is 3.02. The summed E-state index contributed by atoms with van der Waals surface area (Å²) >= 11 is 0. The maximum Gasteiger partial charge on any atom is 0.159 e. The lowest BCUT2D eigenvalue weighted by Crippen LogP contribution is -2.04. The second-order valence-electron chi connectivity index (χ2n) is 4.86.